The van der Waals surface area contributed by atoms with Gasteiger partial charge in [-0.3, -0.25) is 14.2 Å². The fourth-order valence-corrected chi connectivity index (χ4v) is 4.77. The van der Waals surface area contributed by atoms with E-state index in [1.807, 2.05) is 0 Å². The van der Waals surface area contributed by atoms with Crippen molar-refractivity contribution < 1.29 is 21.6 Å². The lowest BCUT2D eigenvalue weighted by Crippen LogP contribution is -2.23. The van der Waals surface area contributed by atoms with E-state index in [9.17, 15) is 26.4 Å². The minimum Gasteiger partial charge on any atom is -0.287 e. The molecule has 3 rings (SSSR count). The van der Waals surface area contributed by atoms with Crippen molar-refractivity contribution in [1.29, 1.82) is 0 Å². The highest BCUT2D eigenvalue weighted by atomic mass is 35.5. The zero-order valence-electron chi connectivity index (χ0n) is 15.3. The number of alkyl halides is 3. The van der Waals surface area contributed by atoms with E-state index in [1.54, 1.807) is 6.07 Å². The molecule has 0 saturated heterocycles. The molecule has 13 heteroatoms. The Morgan fingerprint density at radius 3 is 2.32 bits per heavy atom. The van der Waals surface area contributed by atoms with Crippen LogP contribution in [0.4, 0.5) is 18.9 Å². The predicted molar refractivity (Wildman–Crippen MR) is 112 cm³/mol. The van der Waals surface area contributed by atoms with Crippen LogP contribution in [0, 0.1) is 0 Å². The molecule has 31 heavy (non-hydrogen) atoms. The number of sulfonamides is 1. The van der Waals surface area contributed by atoms with Crippen LogP contribution in [0.25, 0.3) is 11.3 Å². The molecular weight excluding hydrogens is 502 g/mol. The van der Waals surface area contributed by atoms with Crippen LogP contribution in [0.1, 0.15) is 5.69 Å². The first-order valence-corrected chi connectivity index (χ1v) is 10.8. The lowest BCUT2D eigenvalue weighted by molar-refractivity contribution is -0.144. The summed E-state index contributed by atoms with van der Waals surface area (Å²) in [6.07, 6.45) is -4.81. The number of anilines is 1. The molecular formula is C18H11Cl3F3N3O3S. The number of nitrogens with zero attached hydrogens (tertiary/aromatic N) is 2. The van der Waals surface area contributed by atoms with Crippen molar-refractivity contribution in [1.82, 2.24) is 9.78 Å². The second-order valence-electron chi connectivity index (χ2n) is 6.24. The topological polar surface area (TPSA) is 81.1 Å². The van der Waals surface area contributed by atoms with E-state index in [4.69, 9.17) is 34.8 Å². The summed E-state index contributed by atoms with van der Waals surface area (Å²) in [7, 11) is -3.28. The lowest BCUT2D eigenvalue weighted by Gasteiger charge is -2.14. The fourth-order valence-electron chi connectivity index (χ4n) is 2.67. The zero-order chi connectivity index (χ0) is 23.1. The van der Waals surface area contributed by atoms with Crippen molar-refractivity contribution in [2.24, 2.45) is 7.05 Å². The van der Waals surface area contributed by atoms with Crippen molar-refractivity contribution in [2.45, 2.75) is 11.1 Å². The monoisotopic (exact) mass is 511 g/mol. The molecule has 0 amide bonds. The van der Waals surface area contributed by atoms with Gasteiger partial charge in [0, 0.05) is 23.7 Å². The maximum Gasteiger partial charge on any atom is 0.433 e. The first-order chi connectivity index (χ1) is 14.3. The number of benzene rings is 2. The van der Waals surface area contributed by atoms with Crippen LogP contribution < -0.4 is 10.2 Å². The number of hydrogen-bond donors (Lipinski definition) is 1. The molecule has 0 bridgehead atoms. The number of aryl methyl sites for hydroxylation is 1. The maximum absolute atomic E-state index is 13.0. The van der Waals surface area contributed by atoms with E-state index < -0.39 is 37.9 Å². The highest BCUT2D eigenvalue weighted by Gasteiger charge is 2.35. The normalized spacial score (nSPS) is 12.1. The molecule has 1 heterocycles. The summed E-state index contributed by atoms with van der Waals surface area (Å²) in [6.45, 7) is 0. The fraction of sp³-hybridized carbons (Fsp3) is 0.111. The van der Waals surface area contributed by atoms with Crippen molar-refractivity contribution in [3.63, 3.8) is 0 Å². The van der Waals surface area contributed by atoms with Gasteiger partial charge in [-0.15, -0.1) is 0 Å². The molecule has 0 fully saturated rings. The SMILES string of the molecule is Cn1nc(-c2cc(S(=O)(=O)Nc3cccc(Cl)c3)c(Cl)cc2Cl)c(=O)cc1C(F)(F)F. The molecule has 6 nitrogen and oxygen atoms in total. The van der Waals surface area contributed by atoms with Crippen LogP contribution in [0.5, 0.6) is 0 Å². The lowest BCUT2D eigenvalue weighted by atomic mass is 10.1. The van der Waals surface area contributed by atoms with Crippen LogP contribution in [0.2, 0.25) is 15.1 Å². The Morgan fingerprint density at radius 2 is 1.71 bits per heavy atom. The summed E-state index contributed by atoms with van der Waals surface area (Å²) in [5.74, 6) is 0. The largest absolute Gasteiger partial charge is 0.433 e. The van der Waals surface area contributed by atoms with Gasteiger partial charge in [-0.1, -0.05) is 40.9 Å². The summed E-state index contributed by atoms with van der Waals surface area (Å²) < 4.78 is 67.4. The van der Waals surface area contributed by atoms with E-state index in [1.165, 1.54) is 18.2 Å². The highest BCUT2D eigenvalue weighted by Crippen LogP contribution is 2.35. The summed E-state index contributed by atoms with van der Waals surface area (Å²) in [6, 6.07) is 8.24. The Bertz CT molecular complexity index is 1340. The zero-order valence-corrected chi connectivity index (χ0v) is 18.4. The van der Waals surface area contributed by atoms with Gasteiger partial charge >= 0.3 is 6.18 Å². The molecule has 0 unspecified atom stereocenters. The highest BCUT2D eigenvalue weighted by molar-refractivity contribution is 7.92. The average Bonchev–Trinajstić information content (AvgIpc) is 2.62. The quantitative estimate of drug-likeness (QED) is 0.519. The minimum absolute atomic E-state index is 0.142. The van der Waals surface area contributed by atoms with Gasteiger partial charge in [0.1, 0.15) is 16.3 Å². The molecule has 0 aliphatic carbocycles. The van der Waals surface area contributed by atoms with Gasteiger partial charge in [-0.2, -0.15) is 18.3 Å². The van der Waals surface area contributed by atoms with Gasteiger partial charge in [0.25, 0.3) is 10.0 Å². The summed E-state index contributed by atoms with van der Waals surface area (Å²) in [5.41, 5.74) is -2.91. The summed E-state index contributed by atoms with van der Waals surface area (Å²) in [5, 5.41) is 3.48. The van der Waals surface area contributed by atoms with Crippen LogP contribution in [-0.4, -0.2) is 18.2 Å². The summed E-state index contributed by atoms with van der Waals surface area (Å²) >= 11 is 18.0. The molecule has 0 radical (unpaired) electrons. The van der Waals surface area contributed by atoms with E-state index >= 15 is 0 Å². The number of rotatable bonds is 4. The third-order valence-corrected chi connectivity index (χ3v) is 6.43. The van der Waals surface area contributed by atoms with Gasteiger partial charge < -0.3 is 0 Å². The first-order valence-electron chi connectivity index (χ1n) is 8.23. The van der Waals surface area contributed by atoms with Gasteiger partial charge in [0.2, 0.25) is 5.43 Å². The Balaban J connectivity index is 2.14. The van der Waals surface area contributed by atoms with Crippen molar-refractivity contribution in [3.8, 4) is 11.3 Å². The molecule has 3 aromatic rings. The first kappa shape index (κ1) is 23.4. The molecule has 0 spiro atoms. The van der Waals surface area contributed by atoms with Crippen LogP contribution >= 0.6 is 34.8 Å². The van der Waals surface area contributed by atoms with E-state index in [0.717, 1.165) is 19.2 Å². The van der Waals surface area contributed by atoms with Crippen LogP contribution in [-0.2, 0) is 23.2 Å². The molecule has 0 aliphatic rings. The third kappa shape index (κ3) is 4.98. The smallest absolute Gasteiger partial charge is 0.287 e. The Labute approximate surface area is 189 Å². The summed E-state index contributed by atoms with van der Waals surface area (Å²) in [4.78, 5) is 11.9. The maximum atomic E-state index is 13.0. The van der Waals surface area contributed by atoms with Gasteiger partial charge in [0.15, 0.2) is 0 Å². The van der Waals surface area contributed by atoms with E-state index in [2.05, 4.69) is 9.82 Å². The molecule has 0 saturated carbocycles. The van der Waals surface area contributed by atoms with Gasteiger partial charge in [0.05, 0.1) is 15.7 Å². The van der Waals surface area contributed by atoms with Crippen molar-refractivity contribution >= 4 is 50.5 Å². The standard InChI is InChI=1S/C18H11Cl3F3N3O3S/c1-27-16(18(22,23)24)8-14(28)17(25-27)11-6-15(13(21)7-12(11)20)31(29,30)26-10-4-2-3-9(19)5-10/h2-8,26H,1H3. The molecule has 1 N–H and O–H groups in total. The van der Waals surface area contributed by atoms with E-state index in [0.29, 0.717) is 10.7 Å². The molecule has 164 valence electrons. The van der Waals surface area contributed by atoms with Crippen LogP contribution in [0.15, 0.2) is 52.2 Å². The minimum atomic E-state index is -4.81. The molecule has 1 aromatic heterocycles. The van der Waals surface area contributed by atoms with Crippen molar-refractivity contribution in [3.05, 3.63) is 73.4 Å². The van der Waals surface area contributed by atoms with Crippen molar-refractivity contribution in [2.75, 3.05) is 4.72 Å². The average molecular weight is 513 g/mol. The number of nitrogens with one attached hydrogen (secondary N) is 1. The Hall–Kier alpha value is -2.27. The molecule has 0 atom stereocenters. The van der Waals surface area contributed by atoms with Crippen LogP contribution in [0.3, 0.4) is 0 Å². The third-order valence-electron chi connectivity index (χ3n) is 4.03. The van der Waals surface area contributed by atoms with Gasteiger partial charge in [-0.25, -0.2) is 8.42 Å². The second kappa shape index (κ2) is 8.34. The number of halogens is 6. The number of hydrogen-bond acceptors (Lipinski definition) is 4. The van der Waals surface area contributed by atoms with Gasteiger partial charge in [-0.05, 0) is 30.3 Å². The Kier molecular flexibility index (Phi) is 6.30. The second-order valence-corrected chi connectivity index (χ2v) is 9.14. The number of aromatic nitrogens is 2. The Morgan fingerprint density at radius 1 is 1.03 bits per heavy atom. The predicted octanol–water partition coefficient (Wildman–Crippen LogP) is 5.23. The molecule has 0 aliphatic heterocycles. The molecule has 2 aromatic carbocycles. The van der Waals surface area contributed by atoms with E-state index in [-0.39, 0.29) is 26.3 Å².